The normalized spacial score (nSPS) is 14.8. The van der Waals surface area contributed by atoms with Crippen LogP contribution in [0.4, 0.5) is 8.78 Å². The number of nitrogens with one attached hydrogen (secondary N) is 1. The molecule has 7 nitrogen and oxygen atoms in total. The van der Waals surface area contributed by atoms with Crippen LogP contribution in [0.1, 0.15) is 24.2 Å². The van der Waals surface area contributed by atoms with E-state index in [9.17, 15) is 13.6 Å². The average Bonchev–Trinajstić information content (AvgIpc) is 2.86. The van der Waals surface area contributed by atoms with Crippen molar-refractivity contribution in [2.24, 2.45) is 0 Å². The van der Waals surface area contributed by atoms with Crippen LogP contribution in [0, 0.1) is 11.6 Å². The van der Waals surface area contributed by atoms with Crippen LogP contribution in [0.5, 0.6) is 5.75 Å². The quantitative estimate of drug-likeness (QED) is 0.372. The van der Waals surface area contributed by atoms with Crippen LogP contribution in [-0.2, 0) is 6.42 Å². The number of aromatic nitrogens is 3. The predicted molar refractivity (Wildman–Crippen MR) is 137 cm³/mol. The molecular weight excluding hydrogens is 502 g/mol. The van der Waals surface area contributed by atoms with Gasteiger partial charge in [-0.25, -0.2) is 13.8 Å². The summed E-state index contributed by atoms with van der Waals surface area (Å²) in [5, 5.41) is 9.83. The molecule has 0 amide bonds. The van der Waals surface area contributed by atoms with Crippen molar-refractivity contribution < 1.29 is 18.6 Å². The van der Waals surface area contributed by atoms with Crippen LogP contribution in [0.15, 0.2) is 53.5 Å². The van der Waals surface area contributed by atoms with E-state index in [1.807, 2.05) is 0 Å². The topological polar surface area (TPSA) is 91.3 Å². The zero-order valence-corrected chi connectivity index (χ0v) is 20.6. The average molecular weight is 527 g/mol. The van der Waals surface area contributed by atoms with Gasteiger partial charge in [0, 0.05) is 49.9 Å². The number of halogens is 3. The van der Waals surface area contributed by atoms with E-state index in [0.717, 1.165) is 37.6 Å². The highest BCUT2D eigenvalue weighted by atomic mass is 35.5. The minimum atomic E-state index is -0.672. The van der Waals surface area contributed by atoms with Gasteiger partial charge < -0.3 is 19.7 Å². The Hall–Kier alpha value is -3.40. The highest BCUT2D eigenvalue weighted by Gasteiger charge is 2.21. The minimum Gasteiger partial charge on any atom is -0.489 e. The Kier molecular flexibility index (Phi) is 7.45. The summed E-state index contributed by atoms with van der Waals surface area (Å²) in [6, 6.07) is 9.95. The van der Waals surface area contributed by atoms with E-state index in [-0.39, 0.29) is 18.3 Å². The lowest BCUT2D eigenvalue weighted by molar-refractivity contribution is 0.0890. The summed E-state index contributed by atoms with van der Waals surface area (Å²) in [7, 11) is 0. The monoisotopic (exact) mass is 526 g/mol. The Bertz CT molecular complexity index is 1450. The van der Waals surface area contributed by atoms with E-state index in [4.69, 9.17) is 21.4 Å². The van der Waals surface area contributed by atoms with Gasteiger partial charge in [0.1, 0.15) is 29.3 Å². The first-order valence-corrected chi connectivity index (χ1v) is 12.4. The number of fused-ring (bicyclic) bond motifs is 1. The van der Waals surface area contributed by atoms with Crippen molar-refractivity contribution in [2.75, 3.05) is 26.2 Å². The molecule has 3 heterocycles. The third-order valence-corrected chi connectivity index (χ3v) is 6.70. The van der Waals surface area contributed by atoms with Crippen LogP contribution in [-0.4, -0.2) is 57.3 Å². The Balaban J connectivity index is 1.34. The number of rotatable bonds is 7. The van der Waals surface area contributed by atoms with Crippen molar-refractivity contribution in [1.82, 2.24) is 19.9 Å². The maximum atomic E-state index is 13.5. The molecule has 192 valence electrons. The Labute approximate surface area is 216 Å². The summed E-state index contributed by atoms with van der Waals surface area (Å²) in [6.07, 6.45) is 3.50. The number of H-pyrrole nitrogens is 1. The number of aliphatic hydroxyl groups is 1. The molecule has 1 aliphatic heterocycles. The van der Waals surface area contributed by atoms with Gasteiger partial charge in [0.25, 0.3) is 5.56 Å². The highest BCUT2D eigenvalue weighted by molar-refractivity contribution is 6.32. The van der Waals surface area contributed by atoms with Crippen LogP contribution in [0.3, 0.4) is 0 Å². The highest BCUT2D eigenvalue weighted by Crippen LogP contribution is 2.30. The summed E-state index contributed by atoms with van der Waals surface area (Å²) in [5.74, 6) is -0.426. The number of aliphatic hydroxyl groups excluding tert-OH is 1. The number of hydrogen-bond acceptors (Lipinski definition) is 6. The van der Waals surface area contributed by atoms with Crippen LogP contribution in [0.25, 0.3) is 22.2 Å². The molecule has 1 aliphatic rings. The minimum absolute atomic E-state index is 0.0116. The number of aromatic amines is 1. The third-order valence-electron chi connectivity index (χ3n) is 6.41. The number of β-amino-alcohol motifs (C(OH)–C–C–N with tert-alkyl or cyclic N) is 1. The maximum absolute atomic E-state index is 13.5. The number of likely N-dealkylation sites (tertiary alicyclic amines) is 1. The second kappa shape index (κ2) is 10.9. The van der Waals surface area contributed by atoms with Gasteiger partial charge in [-0.1, -0.05) is 17.7 Å². The zero-order chi connectivity index (χ0) is 25.9. The van der Waals surface area contributed by atoms with E-state index < -0.39 is 11.6 Å². The van der Waals surface area contributed by atoms with E-state index in [1.165, 1.54) is 12.1 Å². The fraction of sp³-hybridized carbons (Fsp3) is 0.296. The Morgan fingerprint density at radius 2 is 1.86 bits per heavy atom. The summed E-state index contributed by atoms with van der Waals surface area (Å²) < 4.78 is 33.2. The molecule has 2 N–H and O–H groups in total. The summed E-state index contributed by atoms with van der Waals surface area (Å²) in [6.45, 7) is 2.46. The molecule has 0 atom stereocenters. The molecule has 0 spiro atoms. The Morgan fingerprint density at radius 3 is 2.54 bits per heavy atom. The molecule has 0 bridgehead atoms. The Morgan fingerprint density at radius 1 is 1.11 bits per heavy atom. The number of benzene rings is 2. The first-order valence-electron chi connectivity index (χ1n) is 12.0. The summed E-state index contributed by atoms with van der Waals surface area (Å²) in [4.78, 5) is 26.6. The van der Waals surface area contributed by atoms with Crippen LogP contribution in [0.2, 0.25) is 5.02 Å². The number of piperidine rings is 1. The molecule has 4 aromatic rings. The lowest BCUT2D eigenvalue weighted by Crippen LogP contribution is -2.39. The predicted octanol–water partition coefficient (Wildman–Crippen LogP) is 4.34. The van der Waals surface area contributed by atoms with E-state index in [0.29, 0.717) is 51.7 Å². The van der Waals surface area contributed by atoms with Gasteiger partial charge in [0.15, 0.2) is 0 Å². The second-order valence-electron chi connectivity index (χ2n) is 9.08. The van der Waals surface area contributed by atoms with Gasteiger partial charge in [-0.2, -0.15) is 0 Å². The van der Waals surface area contributed by atoms with Gasteiger partial charge in [0.2, 0.25) is 0 Å². The molecule has 2 aromatic heterocycles. The molecule has 1 saturated heterocycles. The fourth-order valence-corrected chi connectivity index (χ4v) is 4.74. The smallest absolute Gasteiger partial charge is 0.258 e. The van der Waals surface area contributed by atoms with E-state index in [1.54, 1.807) is 30.5 Å². The number of nitrogens with zero attached hydrogens (tertiary/aromatic N) is 3. The van der Waals surface area contributed by atoms with Crippen molar-refractivity contribution in [3.63, 3.8) is 0 Å². The molecule has 0 unspecified atom stereocenters. The number of pyridine rings is 1. The van der Waals surface area contributed by atoms with Crippen molar-refractivity contribution in [2.45, 2.75) is 25.4 Å². The lowest BCUT2D eigenvalue weighted by atomic mass is 10.1. The van der Waals surface area contributed by atoms with Crippen LogP contribution < -0.4 is 10.3 Å². The molecule has 0 radical (unpaired) electrons. The first kappa shape index (κ1) is 25.3. The fourth-order valence-electron chi connectivity index (χ4n) is 4.53. The molecule has 10 heteroatoms. The van der Waals surface area contributed by atoms with E-state index in [2.05, 4.69) is 19.9 Å². The van der Waals surface area contributed by atoms with Gasteiger partial charge in [-0.3, -0.25) is 9.78 Å². The van der Waals surface area contributed by atoms with Crippen LogP contribution >= 0.6 is 11.6 Å². The van der Waals surface area contributed by atoms with Gasteiger partial charge in [0.05, 0.1) is 28.2 Å². The zero-order valence-electron chi connectivity index (χ0n) is 19.9. The second-order valence-corrected chi connectivity index (χ2v) is 9.49. The third kappa shape index (κ3) is 5.95. The maximum Gasteiger partial charge on any atom is 0.258 e. The molecule has 0 aliphatic carbocycles. The van der Waals surface area contributed by atoms with Crippen molar-refractivity contribution in [1.29, 1.82) is 0 Å². The first-order chi connectivity index (χ1) is 17.9. The molecule has 5 rings (SSSR count). The van der Waals surface area contributed by atoms with Crippen molar-refractivity contribution >= 4 is 22.5 Å². The lowest BCUT2D eigenvalue weighted by Gasteiger charge is -2.31. The standard InChI is InChI=1S/C27H25ClF2N4O3/c28-22-13-21-24(14-25(22)37-20-3-5-34(6-4-20)7-8-35)32-26(33-27(21)36)9-16-1-2-23(31-15-16)17-10-18(29)12-19(30)11-17/h1-2,10-15,20,35H,3-9H2,(H,32,33,36). The SMILES string of the molecule is O=c1[nH]c(Cc2ccc(-c3cc(F)cc(F)c3)nc2)nc2cc(OC3CCN(CCO)CC3)c(Cl)cc12. The summed E-state index contributed by atoms with van der Waals surface area (Å²) >= 11 is 6.42. The molecular formula is C27H25ClF2N4O3. The summed E-state index contributed by atoms with van der Waals surface area (Å²) in [5.41, 5.74) is 1.69. The molecule has 1 fully saturated rings. The van der Waals surface area contributed by atoms with Gasteiger partial charge in [-0.05, 0) is 42.7 Å². The molecule has 0 saturated carbocycles. The van der Waals surface area contributed by atoms with Crippen molar-refractivity contribution in [3.8, 4) is 17.0 Å². The largest absolute Gasteiger partial charge is 0.489 e. The number of hydrogen-bond donors (Lipinski definition) is 2. The van der Waals surface area contributed by atoms with E-state index >= 15 is 0 Å². The molecule has 2 aromatic carbocycles. The van der Waals surface area contributed by atoms with Gasteiger partial charge >= 0.3 is 0 Å². The van der Waals surface area contributed by atoms with Gasteiger partial charge in [-0.15, -0.1) is 0 Å². The van der Waals surface area contributed by atoms with Crippen molar-refractivity contribution in [3.05, 3.63) is 87.1 Å². The molecule has 37 heavy (non-hydrogen) atoms. The number of ether oxygens (including phenoxy) is 1.